The molecule has 2 aromatic heterocycles. The summed E-state index contributed by atoms with van der Waals surface area (Å²) >= 11 is 2.33. The number of fused-ring (bicyclic) bond motifs is 1. The molecular weight excluding hydrogens is 434 g/mol. The maximum atomic E-state index is 12.4. The second kappa shape index (κ2) is 8.22. The standard InChI is InChI=1S/C21H15N5O3S2/c1-11-3-6-16(12(2)7-11)26-19(28)14(18(27)25-21(26)29)9-23-20-24-15-5-4-13(30-10-22)8-17(15)31-20/h3-9,28H,1-2H3,(H,25,27,29). The van der Waals surface area contributed by atoms with E-state index in [2.05, 4.69) is 15.0 Å². The first-order valence-electron chi connectivity index (χ1n) is 9.04. The Kier molecular flexibility index (Phi) is 5.46. The Hall–Kier alpha value is -3.68. The van der Waals surface area contributed by atoms with E-state index in [9.17, 15) is 14.7 Å². The molecule has 154 valence electrons. The summed E-state index contributed by atoms with van der Waals surface area (Å²) in [7, 11) is 0. The third-order valence-corrected chi connectivity index (χ3v) is 6.04. The molecule has 0 amide bonds. The number of thiazole rings is 1. The van der Waals surface area contributed by atoms with Gasteiger partial charge in [0.05, 0.1) is 15.9 Å². The van der Waals surface area contributed by atoms with Crippen molar-refractivity contribution in [2.45, 2.75) is 18.7 Å². The lowest BCUT2D eigenvalue weighted by Crippen LogP contribution is -2.31. The lowest BCUT2D eigenvalue weighted by Gasteiger charge is -2.12. The lowest BCUT2D eigenvalue weighted by molar-refractivity contribution is 0.430. The summed E-state index contributed by atoms with van der Waals surface area (Å²) < 4.78 is 1.88. The van der Waals surface area contributed by atoms with Gasteiger partial charge in [0.15, 0.2) is 0 Å². The third kappa shape index (κ3) is 4.01. The Morgan fingerprint density at radius 1 is 1.26 bits per heavy atom. The molecule has 0 bridgehead atoms. The van der Waals surface area contributed by atoms with E-state index < -0.39 is 17.1 Å². The average Bonchev–Trinajstić information content (AvgIpc) is 3.11. The average molecular weight is 450 g/mol. The van der Waals surface area contributed by atoms with E-state index >= 15 is 0 Å². The van der Waals surface area contributed by atoms with E-state index in [4.69, 9.17) is 5.26 Å². The van der Waals surface area contributed by atoms with Crippen LogP contribution in [0.3, 0.4) is 0 Å². The van der Waals surface area contributed by atoms with Gasteiger partial charge in [-0.2, -0.15) is 5.26 Å². The summed E-state index contributed by atoms with van der Waals surface area (Å²) in [6.07, 6.45) is 1.19. The topological polar surface area (TPSA) is 124 Å². The van der Waals surface area contributed by atoms with Crippen LogP contribution in [0, 0.1) is 24.5 Å². The number of aryl methyl sites for hydroxylation is 2. The van der Waals surface area contributed by atoms with Crippen LogP contribution in [0.4, 0.5) is 5.13 Å². The van der Waals surface area contributed by atoms with Gasteiger partial charge in [-0.1, -0.05) is 29.0 Å². The van der Waals surface area contributed by atoms with Crippen molar-refractivity contribution in [3.8, 4) is 17.0 Å². The second-order valence-electron chi connectivity index (χ2n) is 6.70. The molecule has 0 aliphatic carbocycles. The largest absolute Gasteiger partial charge is 0.493 e. The van der Waals surface area contributed by atoms with Crippen molar-refractivity contribution < 1.29 is 5.11 Å². The number of thiocyanates is 1. The fourth-order valence-corrected chi connectivity index (χ4v) is 4.46. The fourth-order valence-electron chi connectivity index (χ4n) is 3.12. The summed E-state index contributed by atoms with van der Waals surface area (Å²) in [6.45, 7) is 3.73. The number of aromatic hydroxyl groups is 1. The van der Waals surface area contributed by atoms with Crippen LogP contribution in [-0.4, -0.2) is 25.9 Å². The maximum Gasteiger partial charge on any atom is 0.335 e. The quantitative estimate of drug-likeness (QED) is 0.278. The number of aromatic nitrogens is 3. The summed E-state index contributed by atoms with van der Waals surface area (Å²) in [5.74, 6) is -0.502. The molecule has 0 saturated heterocycles. The highest BCUT2D eigenvalue weighted by Gasteiger charge is 2.16. The van der Waals surface area contributed by atoms with E-state index in [0.717, 1.165) is 37.1 Å². The number of aliphatic imine (C=N–C) groups is 1. The number of rotatable bonds is 4. The van der Waals surface area contributed by atoms with Crippen LogP contribution < -0.4 is 11.2 Å². The molecule has 0 aliphatic heterocycles. The Morgan fingerprint density at radius 2 is 2.06 bits per heavy atom. The Bertz CT molecular complexity index is 1510. The van der Waals surface area contributed by atoms with Crippen LogP contribution >= 0.6 is 23.1 Å². The minimum atomic E-state index is -0.749. The van der Waals surface area contributed by atoms with Crippen LogP contribution in [0.15, 0.2) is 55.9 Å². The first-order chi connectivity index (χ1) is 14.9. The fraction of sp³-hybridized carbons (Fsp3) is 0.0952. The molecular formula is C21H15N5O3S2. The minimum absolute atomic E-state index is 0.153. The van der Waals surface area contributed by atoms with Gasteiger partial charge in [0.25, 0.3) is 5.56 Å². The Morgan fingerprint density at radius 3 is 2.81 bits per heavy atom. The number of nitriles is 1. The SMILES string of the molecule is Cc1ccc(-n2c(O)c(C=Nc3nc4ccc(SC#N)cc4s3)c(=O)[nH]c2=O)c(C)c1. The van der Waals surface area contributed by atoms with Gasteiger partial charge in [-0.15, -0.1) is 0 Å². The van der Waals surface area contributed by atoms with Crippen LogP contribution in [0.1, 0.15) is 16.7 Å². The van der Waals surface area contributed by atoms with Gasteiger partial charge in [0, 0.05) is 11.1 Å². The highest BCUT2D eigenvalue weighted by atomic mass is 32.2. The number of nitrogens with zero attached hydrogens (tertiary/aromatic N) is 4. The predicted octanol–water partition coefficient (Wildman–Crippen LogP) is 3.78. The van der Waals surface area contributed by atoms with Gasteiger partial charge in [-0.05, 0) is 55.4 Å². The van der Waals surface area contributed by atoms with Gasteiger partial charge < -0.3 is 5.11 Å². The van der Waals surface area contributed by atoms with Crippen molar-refractivity contribution in [2.24, 2.45) is 4.99 Å². The van der Waals surface area contributed by atoms with E-state index in [1.165, 1.54) is 17.6 Å². The van der Waals surface area contributed by atoms with Crippen LogP contribution in [0.5, 0.6) is 5.88 Å². The first-order valence-corrected chi connectivity index (χ1v) is 10.7. The zero-order valence-corrected chi connectivity index (χ0v) is 18.0. The molecule has 0 radical (unpaired) electrons. The normalized spacial score (nSPS) is 11.3. The van der Waals surface area contributed by atoms with E-state index in [-0.39, 0.29) is 5.56 Å². The Labute approximate surface area is 184 Å². The summed E-state index contributed by atoms with van der Waals surface area (Å²) in [5.41, 5.74) is 1.30. The van der Waals surface area contributed by atoms with Crippen molar-refractivity contribution in [1.82, 2.24) is 14.5 Å². The number of hydrogen-bond acceptors (Lipinski definition) is 8. The third-order valence-electron chi connectivity index (χ3n) is 4.53. The van der Waals surface area contributed by atoms with Gasteiger partial charge in [0.1, 0.15) is 11.0 Å². The van der Waals surface area contributed by atoms with Crippen LogP contribution in [-0.2, 0) is 0 Å². The molecule has 0 atom stereocenters. The van der Waals surface area contributed by atoms with Crippen molar-refractivity contribution in [2.75, 3.05) is 0 Å². The molecule has 2 N–H and O–H groups in total. The molecule has 4 rings (SSSR count). The van der Waals surface area contributed by atoms with Crippen molar-refractivity contribution in [1.29, 1.82) is 5.26 Å². The molecule has 0 spiro atoms. The molecule has 0 saturated carbocycles. The molecule has 0 unspecified atom stereocenters. The van der Waals surface area contributed by atoms with Gasteiger partial charge in [-0.3, -0.25) is 9.78 Å². The monoisotopic (exact) mass is 449 g/mol. The number of benzene rings is 2. The highest BCUT2D eigenvalue weighted by molar-refractivity contribution is 8.03. The molecule has 2 heterocycles. The number of nitrogens with one attached hydrogen (secondary N) is 1. The smallest absolute Gasteiger partial charge is 0.335 e. The number of aromatic amines is 1. The number of H-pyrrole nitrogens is 1. The Balaban J connectivity index is 1.77. The summed E-state index contributed by atoms with van der Waals surface area (Å²) in [5, 5.41) is 21.9. The molecule has 0 fully saturated rings. The molecule has 10 heteroatoms. The zero-order chi connectivity index (χ0) is 22.1. The number of hydrogen-bond donors (Lipinski definition) is 2. The second-order valence-corrected chi connectivity index (χ2v) is 8.57. The molecule has 4 aromatic rings. The van der Waals surface area contributed by atoms with Crippen LogP contribution in [0.2, 0.25) is 0 Å². The van der Waals surface area contributed by atoms with E-state index in [0.29, 0.717) is 16.3 Å². The van der Waals surface area contributed by atoms with Crippen LogP contribution in [0.25, 0.3) is 15.9 Å². The van der Waals surface area contributed by atoms with Crippen molar-refractivity contribution >= 4 is 44.7 Å². The summed E-state index contributed by atoms with van der Waals surface area (Å²) in [6, 6.07) is 10.8. The predicted molar refractivity (Wildman–Crippen MR) is 122 cm³/mol. The van der Waals surface area contributed by atoms with Gasteiger partial charge >= 0.3 is 5.69 Å². The van der Waals surface area contributed by atoms with E-state index in [1.807, 2.05) is 37.4 Å². The van der Waals surface area contributed by atoms with Gasteiger partial charge in [0.2, 0.25) is 11.0 Å². The molecule has 8 nitrogen and oxygen atoms in total. The molecule has 31 heavy (non-hydrogen) atoms. The zero-order valence-electron chi connectivity index (χ0n) is 16.4. The maximum absolute atomic E-state index is 12.4. The van der Waals surface area contributed by atoms with E-state index in [1.54, 1.807) is 18.2 Å². The number of thioether (sulfide) groups is 1. The highest BCUT2D eigenvalue weighted by Crippen LogP contribution is 2.31. The van der Waals surface area contributed by atoms with Crippen molar-refractivity contribution in [3.05, 3.63) is 73.9 Å². The molecule has 2 aromatic carbocycles. The van der Waals surface area contributed by atoms with Crippen molar-refractivity contribution in [3.63, 3.8) is 0 Å². The lowest BCUT2D eigenvalue weighted by atomic mass is 10.1. The molecule has 0 aliphatic rings. The summed E-state index contributed by atoms with van der Waals surface area (Å²) in [4.78, 5) is 36.3. The minimum Gasteiger partial charge on any atom is -0.493 e. The van der Waals surface area contributed by atoms with Gasteiger partial charge in [-0.25, -0.2) is 19.3 Å². The first kappa shape index (κ1) is 20.6.